The van der Waals surface area contributed by atoms with Crippen LogP contribution >= 0.6 is 0 Å². The molecule has 0 N–H and O–H groups in total. The van der Waals surface area contributed by atoms with Crippen molar-refractivity contribution in [3.63, 3.8) is 0 Å². The van der Waals surface area contributed by atoms with Crippen molar-refractivity contribution in [3.8, 4) is 0 Å². The molecule has 8 bridgehead atoms. The Morgan fingerprint density at radius 1 is 0.321 bits per heavy atom. The van der Waals surface area contributed by atoms with Gasteiger partial charge in [-0.3, -0.25) is 0 Å². The monoisotopic (exact) mass is 522 g/mol. The topological polar surface area (TPSA) is 111 Å². The maximum absolute atomic E-state index is 6.39. The molecular weight excluding hydrogens is 504 g/mol. The molecule has 0 aromatic heterocycles. The molecule has 0 aromatic carbocycles. The van der Waals surface area contributed by atoms with Crippen molar-refractivity contribution >= 4 is 122 Å². The van der Waals surface area contributed by atoms with E-state index >= 15 is 0 Å². The zero-order chi connectivity index (χ0) is 20.5. The van der Waals surface area contributed by atoms with Gasteiger partial charge < -0.3 is 49.4 Å². The van der Waals surface area contributed by atoms with E-state index in [-0.39, 0.29) is 0 Å². The van der Waals surface area contributed by atoms with Crippen molar-refractivity contribution in [3.05, 3.63) is 0 Å². The Hall–Kier alpha value is 1.71. The lowest BCUT2D eigenvalue weighted by Gasteiger charge is -2.62. The third-order valence-corrected chi connectivity index (χ3v) is 40.0. The molecule has 27 heteroatoms. The zero-order valence-electron chi connectivity index (χ0n) is 16.9. The molecule has 0 atom stereocenters. The van der Waals surface area contributed by atoms with E-state index in [1.165, 1.54) is 0 Å². The molecular formula is CH17B7O12Si8. The summed E-state index contributed by atoms with van der Waals surface area (Å²) in [5.41, 5.74) is 0. The van der Waals surface area contributed by atoms with Gasteiger partial charge in [0.05, 0.1) is 0 Å². The zero-order valence-corrected chi connectivity index (χ0v) is 24.9. The summed E-state index contributed by atoms with van der Waals surface area (Å²) < 4.78 is 76.7. The predicted molar refractivity (Wildman–Crippen MR) is 125 cm³/mol. The normalized spacial score (nSPS) is 65.8. The van der Waals surface area contributed by atoms with E-state index in [1.54, 1.807) is 58.6 Å². The lowest BCUT2D eigenvalue weighted by atomic mass is 10.8. The Kier molecular flexibility index (Phi) is 4.46. The summed E-state index contributed by atoms with van der Waals surface area (Å²) in [4.78, 5) is 0. The standard InChI is InChI=1S/CH17B7O12Si8/c1-21-9-22(2)12-25(5)14-23(3,10-21)16-27(7)17-24(4,11-21)15-26(6,13-22)19-28(8,18-25)20-27/h2-8H2,1H3. The fourth-order valence-corrected chi connectivity index (χ4v) is 49.9. The summed E-state index contributed by atoms with van der Waals surface area (Å²) in [6, 6.07) is 0. The minimum atomic E-state index is -3.40. The van der Waals surface area contributed by atoms with Crippen molar-refractivity contribution < 1.29 is 49.4 Å². The molecule has 6 aliphatic rings. The molecule has 0 saturated carbocycles. The van der Waals surface area contributed by atoms with Crippen LogP contribution in [0.15, 0.2) is 0 Å². The van der Waals surface area contributed by atoms with Gasteiger partial charge >= 0.3 is 69.5 Å². The Balaban J connectivity index is 1.79. The van der Waals surface area contributed by atoms with Crippen LogP contribution in [0.4, 0.5) is 0 Å². The maximum atomic E-state index is 6.39. The lowest BCUT2D eigenvalue weighted by Crippen LogP contribution is -2.89. The molecule has 28 heavy (non-hydrogen) atoms. The summed E-state index contributed by atoms with van der Waals surface area (Å²) in [5.74, 6) is 0. The van der Waals surface area contributed by atoms with Crippen LogP contribution in [-0.2, 0) is 49.4 Å². The average molecular weight is 522 g/mol. The average Bonchev–Trinajstić information content (AvgIpc) is 2.22. The van der Waals surface area contributed by atoms with E-state index in [0.717, 1.165) is 0 Å². The van der Waals surface area contributed by atoms with Crippen molar-refractivity contribution in [2.45, 2.75) is 6.55 Å². The van der Waals surface area contributed by atoms with Gasteiger partial charge in [-0.1, -0.05) is 0 Å². The maximum Gasteiger partial charge on any atom is 0.474 e. The first-order valence-corrected chi connectivity index (χ1v) is 26.7. The molecule has 0 radical (unpaired) electrons. The fraction of sp³-hybridized carbons (Fsp3) is 1.00. The van der Waals surface area contributed by atoms with Crippen LogP contribution in [0.5, 0.6) is 0 Å². The Labute approximate surface area is 177 Å². The van der Waals surface area contributed by atoms with Gasteiger partial charge in [0.1, 0.15) is 0 Å². The molecule has 6 rings (SSSR count). The van der Waals surface area contributed by atoms with Gasteiger partial charge in [0.2, 0.25) is 52.1 Å². The van der Waals surface area contributed by atoms with Crippen molar-refractivity contribution in [1.82, 2.24) is 0 Å². The molecule has 0 aromatic rings. The SMILES string of the molecule is B[Si]12O[Si]3(B)O[Si]4(B)O[Si](B)(O1)O[Si]1(B)O[Si](B)(O2)O[Si](B)(O3)O[Si](C)(O4)O1. The number of hydrogen-bond acceptors (Lipinski definition) is 12. The molecule has 6 heterocycles. The second-order valence-corrected chi connectivity index (χ2v) is 31.7. The first-order chi connectivity index (χ1) is 12.5. The summed E-state index contributed by atoms with van der Waals surface area (Å²) in [6.07, 6.45) is 0. The first kappa shape index (κ1) is 21.5. The molecule has 0 aliphatic carbocycles. The van der Waals surface area contributed by atoms with Crippen LogP contribution in [0.1, 0.15) is 0 Å². The van der Waals surface area contributed by atoms with E-state index in [1.807, 2.05) is 0 Å². The first-order valence-electron chi connectivity index (χ1n) is 8.90. The van der Waals surface area contributed by atoms with Crippen LogP contribution < -0.4 is 0 Å². The minimum absolute atomic E-state index is 1.75. The van der Waals surface area contributed by atoms with Crippen LogP contribution in [0.25, 0.3) is 0 Å². The van der Waals surface area contributed by atoms with Gasteiger partial charge in [-0.25, -0.2) is 0 Å². The van der Waals surface area contributed by atoms with Crippen molar-refractivity contribution in [2.75, 3.05) is 0 Å². The third kappa shape index (κ3) is 3.64. The second-order valence-electron chi connectivity index (χ2n) is 8.12. The lowest BCUT2D eigenvalue weighted by molar-refractivity contribution is 0.00977. The van der Waals surface area contributed by atoms with E-state index in [2.05, 4.69) is 0 Å². The van der Waals surface area contributed by atoms with Crippen molar-refractivity contribution in [2.24, 2.45) is 0 Å². The Morgan fingerprint density at radius 2 is 0.464 bits per heavy atom. The highest BCUT2D eigenvalue weighted by Crippen LogP contribution is 2.43. The molecule has 146 valence electrons. The van der Waals surface area contributed by atoms with Crippen LogP contribution in [-0.4, -0.2) is 122 Å². The summed E-state index contributed by atoms with van der Waals surface area (Å²) in [6.45, 7) is 1.75. The van der Waals surface area contributed by atoms with Gasteiger partial charge in [0, 0.05) is 6.55 Å². The molecule has 6 fully saturated rings. The molecule has 0 amide bonds. The molecule has 6 saturated heterocycles. The Morgan fingerprint density at radius 3 is 0.643 bits per heavy atom. The molecule has 0 spiro atoms. The van der Waals surface area contributed by atoms with Gasteiger partial charge in [0.15, 0.2) is 0 Å². The Bertz CT molecular complexity index is 494. The van der Waals surface area contributed by atoms with Crippen LogP contribution in [0, 0.1) is 0 Å². The second kappa shape index (κ2) is 5.79. The third-order valence-electron chi connectivity index (χ3n) is 4.45. The fourth-order valence-electron chi connectivity index (χ4n) is 4.54. The van der Waals surface area contributed by atoms with Crippen LogP contribution in [0.2, 0.25) is 6.55 Å². The van der Waals surface area contributed by atoms with Crippen LogP contribution in [0.3, 0.4) is 0 Å². The van der Waals surface area contributed by atoms with Crippen molar-refractivity contribution in [1.29, 1.82) is 0 Å². The van der Waals surface area contributed by atoms with Gasteiger partial charge in [0.25, 0.3) is 0 Å². The highest BCUT2D eigenvalue weighted by Gasteiger charge is 2.76. The minimum Gasteiger partial charge on any atom is -0.386 e. The highest BCUT2D eigenvalue weighted by atomic mass is 28.6. The summed E-state index contributed by atoms with van der Waals surface area (Å²) >= 11 is 0. The van der Waals surface area contributed by atoms with Gasteiger partial charge in [-0.05, 0) is 0 Å². The molecule has 12 nitrogen and oxygen atoms in total. The summed E-state index contributed by atoms with van der Waals surface area (Å²) in [7, 11) is -14.9. The number of hydrogen-bond donors (Lipinski definition) is 0. The quantitative estimate of drug-likeness (QED) is 0.282. The van der Waals surface area contributed by atoms with E-state index in [4.69, 9.17) is 49.4 Å². The summed E-state index contributed by atoms with van der Waals surface area (Å²) in [5, 5.41) is 0. The molecule has 0 unspecified atom stereocenters. The highest BCUT2D eigenvalue weighted by molar-refractivity contribution is 7.34. The van der Waals surface area contributed by atoms with Gasteiger partial charge in [-0.15, -0.1) is 0 Å². The van der Waals surface area contributed by atoms with E-state index in [0.29, 0.717) is 0 Å². The van der Waals surface area contributed by atoms with E-state index in [9.17, 15) is 0 Å². The molecule has 6 aliphatic heterocycles. The smallest absolute Gasteiger partial charge is 0.386 e. The van der Waals surface area contributed by atoms with Gasteiger partial charge in [-0.2, -0.15) is 0 Å². The largest absolute Gasteiger partial charge is 0.474 e. The predicted octanol–water partition coefficient (Wildman–Crippen LogP) is -9.70. The van der Waals surface area contributed by atoms with E-state index < -0.39 is 69.5 Å². The number of rotatable bonds is 0.